The van der Waals surface area contributed by atoms with Gasteiger partial charge in [-0.25, -0.2) is 9.18 Å². The second-order valence-electron chi connectivity index (χ2n) is 5.66. The first-order valence-corrected chi connectivity index (χ1v) is 7.60. The van der Waals surface area contributed by atoms with Crippen LogP contribution < -0.4 is 5.32 Å². The Labute approximate surface area is 129 Å². The number of halogens is 1. The van der Waals surface area contributed by atoms with E-state index >= 15 is 0 Å². The summed E-state index contributed by atoms with van der Waals surface area (Å²) in [6, 6.07) is 5.00. The Balaban J connectivity index is 1.58. The van der Waals surface area contributed by atoms with Crippen LogP contribution >= 0.6 is 0 Å². The highest BCUT2D eigenvalue weighted by Gasteiger charge is 2.31. The molecule has 3 rings (SSSR count). The van der Waals surface area contributed by atoms with Crippen molar-refractivity contribution in [2.24, 2.45) is 0 Å². The van der Waals surface area contributed by atoms with Gasteiger partial charge in [0.2, 0.25) is 0 Å². The topological polar surface area (TPSA) is 48.1 Å². The number of fused-ring (bicyclic) bond motifs is 1. The molecule has 1 heterocycles. The van der Waals surface area contributed by atoms with Gasteiger partial charge in [-0.15, -0.1) is 6.58 Å². The Morgan fingerprint density at radius 3 is 3.05 bits per heavy atom. The number of aromatic nitrogens is 1. The third-order valence-electron chi connectivity index (χ3n) is 3.97. The molecular formula is C17H20FN3O. The van der Waals surface area contributed by atoms with Crippen molar-refractivity contribution >= 4 is 16.9 Å². The van der Waals surface area contributed by atoms with Crippen molar-refractivity contribution in [2.75, 3.05) is 13.1 Å². The maximum atomic E-state index is 13.3. The van der Waals surface area contributed by atoms with Crippen molar-refractivity contribution in [3.05, 3.63) is 48.4 Å². The van der Waals surface area contributed by atoms with Crippen molar-refractivity contribution in [3.8, 4) is 0 Å². The number of hydrogen-bond donors (Lipinski definition) is 2. The smallest absolute Gasteiger partial charge is 0.317 e. The molecule has 5 heteroatoms. The first kappa shape index (κ1) is 14.6. The van der Waals surface area contributed by atoms with Crippen LogP contribution in [0.4, 0.5) is 9.18 Å². The number of amides is 2. The summed E-state index contributed by atoms with van der Waals surface area (Å²) in [6.45, 7) is 4.80. The Morgan fingerprint density at radius 2 is 2.32 bits per heavy atom. The first-order valence-electron chi connectivity index (χ1n) is 7.60. The third-order valence-corrected chi connectivity index (χ3v) is 3.97. The van der Waals surface area contributed by atoms with Gasteiger partial charge in [0.15, 0.2) is 0 Å². The lowest BCUT2D eigenvalue weighted by Crippen LogP contribution is -2.42. The second kappa shape index (κ2) is 6.22. The molecule has 116 valence electrons. The van der Waals surface area contributed by atoms with Crippen molar-refractivity contribution in [1.29, 1.82) is 0 Å². The molecule has 2 aromatic rings. The Kier molecular flexibility index (Phi) is 4.13. The van der Waals surface area contributed by atoms with Crippen LogP contribution in [-0.4, -0.2) is 35.0 Å². The molecule has 0 aliphatic heterocycles. The molecule has 0 atom stereocenters. The summed E-state index contributed by atoms with van der Waals surface area (Å²) in [7, 11) is 0. The highest BCUT2D eigenvalue weighted by Crippen LogP contribution is 2.26. The zero-order valence-electron chi connectivity index (χ0n) is 12.4. The van der Waals surface area contributed by atoms with E-state index in [0.29, 0.717) is 25.6 Å². The van der Waals surface area contributed by atoms with Crippen molar-refractivity contribution in [3.63, 3.8) is 0 Å². The number of benzene rings is 1. The van der Waals surface area contributed by atoms with E-state index in [4.69, 9.17) is 0 Å². The molecule has 1 saturated carbocycles. The Morgan fingerprint density at radius 1 is 1.50 bits per heavy atom. The minimum Gasteiger partial charge on any atom is -0.361 e. The summed E-state index contributed by atoms with van der Waals surface area (Å²) >= 11 is 0. The van der Waals surface area contributed by atoms with Crippen molar-refractivity contribution in [1.82, 2.24) is 15.2 Å². The van der Waals surface area contributed by atoms with Gasteiger partial charge in [-0.1, -0.05) is 6.08 Å². The summed E-state index contributed by atoms with van der Waals surface area (Å²) in [6.07, 6.45) is 6.44. The van der Waals surface area contributed by atoms with Crippen molar-refractivity contribution < 1.29 is 9.18 Å². The molecule has 22 heavy (non-hydrogen) atoms. The lowest BCUT2D eigenvalue weighted by atomic mass is 10.1. The standard InChI is InChI=1S/C17H20FN3O/c1-2-9-21(14-4-5-14)17(22)19-8-7-12-11-20-16-6-3-13(18)10-15(12)16/h2-3,6,10-11,14,20H,1,4-5,7-9H2,(H,19,22). The molecular weight excluding hydrogens is 281 g/mol. The number of carbonyl (C=O) groups excluding carboxylic acids is 1. The Hall–Kier alpha value is -2.30. The van der Waals surface area contributed by atoms with Gasteiger partial charge in [0, 0.05) is 36.2 Å². The van der Waals surface area contributed by atoms with Gasteiger partial charge in [0.25, 0.3) is 0 Å². The second-order valence-corrected chi connectivity index (χ2v) is 5.66. The number of nitrogens with one attached hydrogen (secondary N) is 2. The van der Waals surface area contributed by atoms with E-state index in [2.05, 4.69) is 16.9 Å². The molecule has 1 fully saturated rings. The molecule has 0 bridgehead atoms. The molecule has 1 aromatic heterocycles. The molecule has 1 aliphatic rings. The normalized spacial score (nSPS) is 14.0. The molecule has 0 spiro atoms. The van der Waals surface area contributed by atoms with Crippen LogP contribution in [0, 0.1) is 5.82 Å². The zero-order valence-corrected chi connectivity index (χ0v) is 12.4. The minimum atomic E-state index is -0.247. The quantitative estimate of drug-likeness (QED) is 0.791. The monoisotopic (exact) mass is 301 g/mol. The largest absolute Gasteiger partial charge is 0.361 e. The van der Waals surface area contributed by atoms with Crippen LogP contribution in [0.15, 0.2) is 37.1 Å². The molecule has 1 aromatic carbocycles. The molecule has 0 unspecified atom stereocenters. The van der Waals surface area contributed by atoms with Gasteiger partial charge in [-0.05, 0) is 43.0 Å². The lowest BCUT2D eigenvalue weighted by molar-refractivity contribution is 0.201. The van der Waals surface area contributed by atoms with Crippen molar-refractivity contribution in [2.45, 2.75) is 25.3 Å². The molecule has 2 amide bonds. The fourth-order valence-corrected chi connectivity index (χ4v) is 2.69. The van der Waals surface area contributed by atoms with Gasteiger partial charge < -0.3 is 15.2 Å². The summed E-state index contributed by atoms with van der Waals surface area (Å²) in [5.41, 5.74) is 1.92. The number of H-pyrrole nitrogens is 1. The highest BCUT2D eigenvalue weighted by atomic mass is 19.1. The van der Waals surface area contributed by atoms with E-state index in [1.54, 1.807) is 12.1 Å². The maximum absolute atomic E-state index is 13.3. The lowest BCUT2D eigenvalue weighted by Gasteiger charge is -2.21. The van der Waals surface area contributed by atoms with Gasteiger partial charge in [-0.3, -0.25) is 0 Å². The maximum Gasteiger partial charge on any atom is 0.317 e. The fourth-order valence-electron chi connectivity index (χ4n) is 2.69. The molecule has 2 N–H and O–H groups in total. The molecule has 1 aliphatic carbocycles. The van der Waals surface area contributed by atoms with Crippen LogP contribution in [0.3, 0.4) is 0 Å². The predicted octanol–water partition coefficient (Wildman–Crippen LogP) is 3.21. The summed E-state index contributed by atoms with van der Waals surface area (Å²) in [5.74, 6) is -0.247. The number of nitrogens with zero attached hydrogens (tertiary/aromatic N) is 1. The SMILES string of the molecule is C=CCN(C(=O)NCCc1c[nH]c2ccc(F)cc12)C1CC1. The van der Waals surface area contributed by atoms with Crippen LogP contribution in [0.1, 0.15) is 18.4 Å². The number of hydrogen-bond acceptors (Lipinski definition) is 1. The van der Waals surface area contributed by atoms with Crippen LogP contribution in [0.5, 0.6) is 0 Å². The number of carbonyl (C=O) groups is 1. The molecule has 0 radical (unpaired) electrons. The van der Waals surface area contributed by atoms with E-state index in [0.717, 1.165) is 29.3 Å². The van der Waals surface area contributed by atoms with Gasteiger partial charge in [-0.2, -0.15) is 0 Å². The van der Waals surface area contributed by atoms with E-state index in [1.165, 1.54) is 12.1 Å². The molecule has 0 saturated heterocycles. The average molecular weight is 301 g/mol. The van der Waals surface area contributed by atoms with Crippen LogP contribution in [-0.2, 0) is 6.42 Å². The zero-order chi connectivity index (χ0) is 15.5. The summed E-state index contributed by atoms with van der Waals surface area (Å²) in [4.78, 5) is 17.1. The Bertz CT molecular complexity index is 690. The average Bonchev–Trinajstić information content (AvgIpc) is 3.27. The van der Waals surface area contributed by atoms with E-state index < -0.39 is 0 Å². The van der Waals surface area contributed by atoms with E-state index in [9.17, 15) is 9.18 Å². The van der Waals surface area contributed by atoms with Crippen LogP contribution in [0.25, 0.3) is 10.9 Å². The number of urea groups is 1. The minimum absolute atomic E-state index is 0.0478. The number of rotatable bonds is 6. The summed E-state index contributed by atoms with van der Waals surface area (Å²) in [5, 5.41) is 3.81. The van der Waals surface area contributed by atoms with Crippen LogP contribution in [0.2, 0.25) is 0 Å². The molecule has 4 nitrogen and oxygen atoms in total. The fraction of sp³-hybridized carbons (Fsp3) is 0.353. The van der Waals surface area contributed by atoms with Gasteiger partial charge in [0.1, 0.15) is 5.82 Å². The highest BCUT2D eigenvalue weighted by molar-refractivity contribution is 5.83. The van der Waals surface area contributed by atoms with Gasteiger partial charge in [0.05, 0.1) is 0 Å². The van der Waals surface area contributed by atoms with E-state index in [-0.39, 0.29) is 11.8 Å². The number of aromatic amines is 1. The summed E-state index contributed by atoms with van der Waals surface area (Å²) < 4.78 is 13.3. The van der Waals surface area contributed by atoms with Gasteiger partial charge >= 0.3 is 6.03 Å². The first-order chi connectivity index (χ1) is 10.7. The van der Waals surface area contributed by atoms with E-state index in [1.807, 2.05) is 11.1 Å². The predicted molar refractivity (Wildman–Crippen MR) is 85.3 cm³/mol. The third kappa shape index (κ3) is 3.13.